The van der Waals surface area contributed by atoms with E-state index in [9.17, 15) is 28.1 Å². The van der Waals surface area contributed by atoms with Gasteiger partial charge in [-0.2, -0.15) is 5.10 Å². The molecule has 0 saturated carbocycles. The maximum absolute atomic E-state index is 12.3. The van der Waals surface area contributed by atoms with Crippen molar-refractivity contribution in [3.05, 3.63) is 88.2 Å². The van der Waals surface area contributed by atoms with E-state index in [1.165, 1.54) is 54.7 Å². The Balaban J connectivity index is 1.65. The summed E-state index contributed by atoms with van der Waals surface area (Å²) in [4.78, 5) is 22.5. The number of nitrogens with one attached hydrogen (secondary N) is 1. The number of alkyl halides is 3. The van der Waals surface area contributed by atoms with Crippen molar-refractivity contribution >= 4 is 17.8 Å². The molecule has 0 radical (unpaired) electrons. The standard InChI is InChI=1S/C21H17F3N4O4/c1-14(15-4-6-17(7-5-15)28(30)31)20(29)26-25-13-18-3-2-12-27(18)16-8-10-19(11-9-16)32-21(22,23)24/h2-14H,1H3,(H,26,29)/b25-13+. The summed E-state index contributed by atoms with van der Waals surface area (Å²) >= 11 is 0. The molecule has 1 unspecified atom stereocenters. The first kappa shape index (κ1) is 22.5. The van der Waals surface area contributed by atoms with E-state index < -0.39 is 23.1 Å². The minimum absolute atomic E-state index is 0.0712. The van der Waals surface area contributed by atoms with E-state index in [2.05, 4.69) is 15.3 Å². The van der Waals surface area contributed by atoms with Crippen molar-refractivity contribution in [1.29, 1.82) is 0 Å². The number of benzene rings is 2. The molecule has 1 aromatic heterocycles. The number of hydrogen-bond acceptors (Lipinski definition) is 5. The normalized spacial score (nSPS) is 12.5. The predicted molar refractivity (Wildman–Crippen MR) is 110 cm³/mol. The summed E-state index contributed by atoms with van der Waals surface area (Å²) in [7, 11) is 0. The van der Waals surface area contributed by atoms with Crippen LogP contribution in [0, 0.1) is 10.1 Å². The Labute approximate surface area is 180 Å². The van der Waals surface area contributed by atoms with Crippen LogP contribution in [0.4, 0.5) is 18.9 Å². The van der Waals surface area contributed by atoms with Gasteiger partial charge >= 0.3 is 6.36 Å². The molecule has 0 spiro atoms. The second kappa shape index (κ2) is 9.33. The van der Waals surface area contributed by atoms with Gasteiger partial charge in [0, 0.05) is 24.0 Å². The number of aromatic nitrogens is 1. The van der Waals surface area contributed by atoms with Crippen LogP contribution in [0.15, 0.2) is 72.0 Å². The Morgan fingerprint density at radius 3 is 2.41 bits per heavy atom. The van der Waals surface area contributed by atoms with Crippen LogP contribution in [0.25, 0.3) is 5.69 Å². The molecule has 3 aromatic rings. The number of non-ortho nitro benzene ring substituents is 1. The van der Waals surface area contributed by atoms with Gasteiger partial charge in [0.25, 0.3) is 5.69 Å². The number of amides is 1. The molecule has 0 aliphatic rings. The summed E-state index contributed by atoms with van der Waals surface area (Å²) in [5.74, 6) is -1.35. The first-order valence-corrected chi connectivity index (χ1v) is 9.25. The van der Waals surface area contributed by atoms with E-state index in [0.717, 1.165) is 0 Å². The lowest BCUT2D eigenvalue weighted by atomic mass is 10.0. The van der Waals surface area contributed by atoms with Gasteiger partial charge in [-0.05, 0) is 48.9 Å². The van der Waals surface area contributed by atoms with Gasteiger partial charge in [0.05, 0.1) is 22.7 Å². The molecule has 1 atom stereocenters. The van der Waals surface area contributed by atoms with Crippen LogP contribution in [-0.2, 0) is 4.79 Å². The van der Waals surface area contributed by atoms with Gasteiger partial charge in [-0.25, -0.2) is 5.43 Å². The molecule has 0 aliphatic heterocycles. The highest BCUT2D eigenvalue weighted by molar-refractivity contribution is 5.85. The molecule has 32 heavy (non-hydrogen) atoms. The van der Waals surface area contributed by atoms with E-state index >= 15 is 0 Å². The van der Waals surface area contributed by atoms with Crippen molar-refractivity contribution in [3.63, 3.8) is 0 Å². The second-order valence-electron chi connectivity index (χ2n) is 6.65. The number of carbonyl (C=O) groups excluding carboxylic acids is 1. The summed E-state index contributed by atoms with van der Waals surface area (Å²) in [5.41, 5.74) is 4.06. The first-order chi connectivity index (χ1) is 15.1. The average molecular weight is 446 g/mol. The average Bonchev–Trinajstić information content (AvgIpc) is 3.21. The molecular weight excluding hydrogens is 429 g/mol. The zero-order valence-corrected chi connectivity index (χ0v) is 16.6. The van der Waals surface area contributed by atoms with Gasteiger partial charge in [-0.1, -0.05) is 12.1 Å². The summed E-state index contributed by atoms with van der Waals surface area (Å²) in [6, 6.07) is 14.3. The van der Waals surface area contributed by atoms with Gasteiger partial charge in [0.2, 0.25) is 5.91 Å². The predicted octanol–water partition coefficient (Wildman–Crippen LogP) is 4.54. The summed E-state index contributed by atoms with van der Waals surface area (Å²) in [6.07, 6.45) is -1.69. The topological polar surface area (TPSA) is 98.8 Å². The molecule has 0 saturated heterocycles. The van der Waals surface area contributed by atoms with Gasteiger partial charge in [-0.3, -0.25) is 14.9 Å². The highest BCUT2D eigenvalue weighted by atomic mass is 19.4. The highest BCUT2D eigenvalue weighted by Crippen LogP contribution is 2.24. The van der Waals surface area contributed by atoms with Crippen molar-refractivity contribution < 1.29 is 27.6 Å². The van der Waals surface area contributed by atoms with Crippen LogP contribution < -0.4 is 10.2 Å². The maximum atomic E-state index is 12.3. The zero-order chi connectivity index (χ0) is 23.3. The lowest BCUT2D eigenvalue weighted by molar-refractivity contribution is -0.384. The van der Waals surface area contributed by atoms with Crippen LogP contribution in [0.5, 0.6) is 5.75 Å². The minimum atomic E-state index is -4.77. The van der Waals surface area contributed by atoms with Crippen LogP contribution in [0.2, 0.25) is 0 Å². The fraction of sp³-hybridized carbons (Fsp3) is 0.143. The number of halogens is 3. The van der Waals surface area contributed by atoms with E-state index in [4.69, 9.17) is 0 Å². The van der Waals surface area contributed by atoms with Gasteiger partial charge in [0.15, 0.2) is 0 Å². The lowest BCUT2D eigenvalue weighted by Crippen LogP contribution is -2.23. The number of nitro benzene ring substituents is 1. The molecule has 0 aliphatic carbocycles. The minimum Gasteiger partial charge on any atom is -0.406 e. The molecule has 0 fully saturated rings. The SMILES string of the molecule is CC(C(=O)N/N=C/c1cccn1-c1ccc(OC(F)(F)F)cc1)c1ccc([N+](=O)[O-])cc1. The van der Waals surface area contributed by atoms with E-state index in [1.807, 2.05) is 0 Å². The van der Waals surface area contributed by atoms with Crippen LogP contribution >= 0.6 is 0 Å². The van der Waals surface area contributed by atoms with Crippen LogP contribution in [0.1, 0.15) is 24.1 Å². The number of ether oxygens (including phenoxy) is 1. The zero-order valence-electron chi connectivity index (χ0n) is 16.6. The molecule has 1 amide bonds. The third-order valence-electron chi connectivity index (χ3n) is 4.50. The molecule has 0 bridgehead atoms. The Bertz CT molecular complexity index is 1120. The maximum Gasteiger partial charge on any atom is 0.573 e. The molecule has 1 N–H and O–H groups in total. The van der Waals surface area contributed by atoms with Crippen molar-refractivity contribution in [3.8, 4) is 11.4 Å². The lowest BCUT2D eigenvalue weighted by Gasteiger charge is -2.11. The number of rotatable bonds is 7. The Hall–Kier alpha value is -4.15. The van der Waals surface area contributed by atoms with Gasteiger partial charge in [-0.15, -0.1) is 13.2 Å². The molecule has 1 heterocycles. The quantitative estimate of drug-likeness (QED) is 0.327. The number of hydrogen-bond donors (Lipinski definition) is 1. The number of nitrogens with zero attached hydrogens (tertiary/aromatic N) is 3. The smallest absolute Gasteiger partial charge is 0.406 e. The van der Waals surface area contributed by atoms with E-state index in [1.54, 1.807) is 29.8 Å². The van der Waals surface area contributed by atoms with E-state index in [0.29, 0.717) is 16.9 Å². The van der Waals surface area contributed by atoms with Crippen LogP contribution in [-0.4, -0.2) is 28.0 Å². The first-order valence-electron chi connectivity index (χ1n) is 9.25. The second-order valence-corrected chi connectivity index (χ2v) is 6.65. The number of hydrazone groups is 1. The number of carbonyl (C=O) groups is 1. The van der Waals surface area contributed by atoms with Crippen molar-refractivity contribution in [2.75, 3.05) is 0 Å². The molecule has 166 valence electrons. The highest BCUT2D eigenvalue weighted by Gasteiger charge is 2.31. The summed E-state index contributed by atoms with van der Waals surface area (Å²) < 4.78 is 42.4. The third kappa shape index (κ3) is 5.72. The van der Waals surface area contributed by atoms with E-state index in [-0.39, 0.29) is 11.4 Å². The Morgan fingerprint density at radius 2 is 1.81 bits per heavy atom. The molecule has 3 rings (SSSR count). The largest absolute Gasteiger partial charge is 0.573 e. The molecule has 2 aromatic carbocycles. The molecule has 8 nitrogen and oxygen atoms in total. The molecular formula is C21H17F3N4O4. The fourth-order valence-corrected chi connectivity index (χ4v) is 2.84. The Morgan fingerprint density at radius 1 is 1.16 bits per heavy atom. The third-order valence-corrected chi connectivity index (χ3v) is 4.50. The fourth-order valence-electron chi connectivity index (χ4n) is 2.84. The van der Waals surface area contributed by atoms with Crippen molar-refractivity contribution in [2.24, 2.45) is 5.10 Å². The van der Waals surface area contributed by atoms with Crippen molar-refractivity contribution in [1.82, 2.24) is 9.99 Å². The van der Waals surface area contributed by atoms with Crippen molar-refractivity contribution in [2.45, 2.75) is 19.2 Å². The number of nitro groups is 1. The summed E-state index contributed by atoms with van der Waals surface area (Å²) in [5, 5.41) is 14.7. The Kier molecular flexibility index (Phi) is 6.57. The van der Waals surface area contributed by atoms with Gasteiger partial charge in [0.1, 0.15) is 5.75 Å². The molecule has 11 heteroatoms. The summed E-state index contributed by atoms with van der Waals surface area (Å²) in [6.45, 7) is 1.64. The monoisotopic (exact) mass is 446 g/mol. The van der Waals surface area contributed by atoms with Crippen LogP contribution in [0.3, 0.4) is 0 Å². The van der Waals surface area contributed by atoms with Gasteiger partial charge < -0.3 is 9.30 Å².